The Kier molecular flexibility index (Phi) is 9.14. The topological polar surface area (TPSA) is 82.4 Å². The van der Waals surface area contributed by atoms with Crippen LogP contribution in [0.4, 0.5) is 5.69 Å². The van der Waals surface area contributed by atoms with Crippen molar-refractivity contribution in [2.24, 2.45) is 4.99 Å². The molecule has 0 saturated carbocycles. The fourth-order valence-corrected chi connectivity index (χ4v) is 5.89. The molecule has 0 spiro atoms. The lowest BCUT2D eigenvalue weighted by atomic mass is 9.96. The summed E-state index contributed by atoms with van der Waals surface area (Å²) in [7, 11) is 1.63. The predicted octanol–water partition coefficient (Wildman–Crippen LogP) is 4.44. The molecule has 8 nitrogen and oxygen atoms in total. The van der Waals surface area contributed by atoms with Crippen LogP contribution in [0.2, 0.25) is 0 Å². The molecule has 0 saturated heterocycles. The Labute approximate surface area is 238 Å². The summed E-state index contributed by atoms with van der Waals surface area (Å²) in [5.41, 5.74) is 3.25. The molecule has 4 rings (SSSR count). The highest BCUT2D eigenvalue weighted by Crippen LogP contribution is 2.32. The highest BCUT2D eigenvalue weighted by atomic mass is 32.1. The van der Waals surface area contributed by atoms with Gasteiger partial charge in [-0.2, -0.15) is 0 Å². The van der Waals surface area contributed by atoms with Crippen LogP contribution in [-0.4, -0.2) is 43.4 Å². The maximum Gasteiger partial charge on any atom is 0.338 e. The Hall–Kier alpha value is -3.85. The number of aromatic nitrogens is 1. The highest BCUT2D eigenvalue weighted by Gasteiger charge is 2.33. The molecule has 0 radical (unpaired) electrons. The number of hydrogen-bond acceptors (Lipinski definition) is 8. The number of thiazole rings is 1. The summed E-state index contributed by atoms with van der Waals surface area (Å²) in [4.78, 5) is 34.5. The van der Waals surface area contributed by atoms with Gasteiger partial charge in [0, 0.05) is 30.4 Å². The van der Waals surface area contributed by atoms with Crippen LogP contribution in [0.15, 0.2) is 63.5 Å². The molecule has 0 amide bonds. The first-order chi connectivity index (χ1) is 19.2. The van der Waals surface area contributed by atoms with E-state index in [1.165, 1.54) is 11.3 Å². The summed E-state index contributed by atoms with van der Waals surface area (Å²) in [6.45, 7) is 13.7. The van der Waals surface area contributed by atoms with Crippen LogP contribution < -0.4 is 29.3 Å². The standard InChI is InChI=1S/C31H37N3O5S/c1-8-33(9-2)23-14-11-22(25(18-23)37-7)17-26-29(35)34-28(21-12-15-24(16-13-21)39-19(4)5)27(30(36)38-10-3)20(6)32-31(34)40-26/h11-19,28H,8-10H2,1-7H3/b26-17-/t28-/m1/s1. The zero-order chi connectivity index (χ0) is 29.0. The fraction of sp³-hybridized carbons (Fsp3) is 0.387. The number of nitrogens with zero attached hydrogens (tertiary/aromatic N) is 3. The van der Waals surface area contributed by atoms with Crippen molar-refractivity contribution >= 4 is 29.1 Å². The predicted molar refractivity (Wildman–Crippen MR) is 159 cm³/mol. The summed E-state index contributed by atoms with van der Waals surface area (Å²) < 4.78 is 19.0. The number of anilines is 1. The normalized spacial score (nSPS) is 15.1. The van der Waals surface area contributed by atoms with Gasteiger partial charge in [0.25, 0.3) is 5.56 Å². The largest absolute Gasteiger partial charge is 0.496 e. The maximum absolute atomic E-state index is 13.9. The minimum absolute atomic E-state index is 0.0267. The zero-order valence-corrected chi connectivity index (χ0v) is 25.0. The molecule has 0 unspecified atom stereocenters. The van der Waals surface area contributed by atoms with Crippen LogP contribution >= 0.6 is 11.3 Å². The van der Waals surface area contributed by atoms with Crippen molar-refractivity contribution in [3.8, 4) is 11.5 Å². The van der Waals surface area contributed by atoms with E-state index in [2.05, 4.69) is 23.7 Å². The van der Waals surface area contributed by atoms with Gasteiger partial charge in [0.15, 0.2) is 4.80 Å². The van der Waals surface area contributed by atoms with Gasteiger partial charge in [-0.15, -0.1) is 0 Å². The first-order valence-corrected chi connectivity index (χ1v) is 14.4. The summed E-state index contributed by atoms with van der Waals surface area (Å²) >= 11 is 1.29. The number of allylic oxidation sites excluding steroid dienone is 1. The lowest BCUT2D eigenvalue weighted by Gasteiger charge is -2.25. The summed E-state index contributed by atoms with van der Waals surface area (Å²) in [5.74, 6) is 0.903. The van der Waals surface area contributed by atoms with Crippen LogP contribution in [0, 0.1) is 0 Å². The average Bonchev–Trinajstić information content (AvgIpc) is 3.23. The minimum Gasteiger partial charge on any atom is -0.496 e. The van der Waals surface area contributed by atoms with Crippen molar-refractivity contribution < 1.29 is 19.0 Å². The summed E-state index contributed by atoms with van der Waals surface area (Å²) in [6.07, 6.45) is 1.85. The lowest BCUT2D eigenvalue weighted by molar-refractivity contribution is -0.139. The number of carbonyl (C=O) groups is 1. The van der Waals surface area contributed by atoms with Gasteiger partial charge in [0.2, 0.25) is 0 Å². The number of carbonyl (C=O) groups excluding carboxylic acids is 1. The second-order valence-electron chi connectivity index (χ2n) is 9.64. The Morgan fingerprint density at radius 2 is 1.82 bits per heavy atom. The van der Waals surface area contributed by atoms with Crippen molar-refractivity contribution in [1.82, 2.24) is 4.57 Å². The molecule has 2 heterocycles. The molecule has 1 aromatic heterocycles. The number of benzene rings is 2. The molecular formula is C31H37N3O5S. The Morgan fingerprint density at radius 3 is 2.42 bits per heavy atom. The first-order valence-electron chi connectivity index (χ1n) is 13.6. The van der Waals surface area contributed by atoms with Gasteiger partial charge in [0.1, 0.15) is 11.5 Å². The molecule has 1 aliphatic rings. The number of rotatable bonds is 10. The molecular weight excluding hydrogens is 526 g/mol. The minimum atomic E-state index is -0.683. The van der Waals surface area contributed by atoms with Crippen LogP contribution in [0.3, 0.4) is 0 Å². The third kappa shape index (κ3) is 5.84. The quantitative estimate of drug-likeness (QED) is 0.339. The molecule has 0 fully saturated rings. The van der Waals surface area contributed by atoms with Gasteiger partial charge in [-0.25, -0.2) is 9.79 Å². The van der Waals surface area contributed by atoms with Crippen molar-refractivity contribution in [3.05, 3.63) is 84.5 Å². The van der Waals surface area contributed by atoms with Crippen LogP contribution in [0.25, 0.3) is 6.08 Å². The number of esters is 1. The van der Waals surface area contributed by atoms with E-state index in [4.69, 9.17) is 14.2 Å². The van der Waals surface area contributed by atoms with E-state index in [1.54, 1.807) is 25.5 Å². The maximum atomic E-state index is 13.9. The molecule has 212 valence electrons. The fourth-order valence-electron chi connectivity index (χ4n) is 4.85. The Balaban J connectivity index is 1.87. The monoisotopic (exact) mass is 563 g/mol. The molecule has 0 N–H and O–H groups in total. The number of ether oxygens (including phenoxy) is 3. The van der Waals surface area contributed by atoms with E-state index >= 15 is 0 Å². The Bertz CT molecular complexity index is 1580. The van der Waals surface area contributed by atoms with Crippen LogP contribution in [0.5, 0.6) is 11.5 Å². The van der Waals surface area contributed by atoms with Crippen molar-refractivity contribution in [3.63, 3.8) is 0 Å². The van der Waals surface area contributed by atoms with Gasteiger partial charge < -0.3 is 19.1 Å². The van der Waals surface area contributed by atoms with E-state index in [0.29, 0.717) is 32.1 Å². The molecule has 1 atom stereocenters. The summed E-state index contributed by atoms with van der Waals surface area (Å²) in [6, 6.07) is 12.8. The molecule has 0 aliphatic carbocycles. The van der Waals surface area contributed by atoms with E-state index in [1.807, 2.05) is 62.4 Å². The molecule has 40 heavy (non-hydrogen) atoms. The van der Waals surface area contributed by atoms with E-state index in [0.717, 1.165) is 29.9 Å². The third-order valence-electron chi connectivity index (χ3n) is 6.72. The average molecular weight is 564 g/mol. The van der Waals surface area contributed by atoms with E-state index in [-0.39, 0.29) is 18.3 Å². The van der Waals surface area contributed by atoms with Gasteiger partial charge in [-0.1, -0.05) is 23.5 Å². The van der Waals surface area contributed by atoms with Crippen molar-refractivity contribution in [2.45, 2.75) is 53.7 Å². The molecule has 2 aromatic carbocycles. The highest BCUT2D eigenvalue weighted by molar-refractivity contribution is 7.07. The van der Waals surface area contributed by atoms with Crippen molar-refractivity contribution in [2.75, 3.05) is 31.7 Å². The Morgan fingerprint density at radius 1 is 1.12 bits per heavy atom. The molecule has 1 aliphatic heterocycles. The van der Waals surface area contributed by atoms with Gasteiger partial charge >= 0.3 is 5.97 Å². The van der Waals surface area contributed by atoms with Crippen molar-refractivity contribution in [1.29, 1.82) is 0 Å². The van der Waals surface area contributed by atoms with Gasteiger partial charge in [-0.3, -0.25) is 9.36 Å². The van der Waals surface area contributed by atoms with Gasteiger partial charge in [-0.05, 0) is 77.4 Å². The summed E-state index contributed by atoms with van der Waals surface area (Å²) in [5, 5.41) is 0. The molecule has 9 heteroatoms. The second kappa shape index (κ2) is 12.6. The second-order valence-corrected chi connectivity index (χ2v) is 10.6. The number of methoxy groups -OCH3 is 1. The number of hydrogen-bond donors (Lipinski definition) is 0. The van der Waals surface area contributed by atoms with Crippen LogP contribution in [0.1, 0.15) is 58.7 Å². The smallest absolute Gasteiger partial charge is 0.338 e. The number of fused-ring (bicyclic) bond motifs is 1. The lowest BCUT2D eigenvalue weighted by Crippen LogP contribution is -2.39. The molecule has 3 aromatic rings. The third-order valence-corrected chi connectivity index (χ3v) is 7.70. The zero-order valence-electron chi connectivity index (χ0n) is 24.2. The first kappa shape index (κ1) is 29.1. The van der Waals surface area contributed by atoms with E-state index < -0.39 is 12.0 Å². The van der Waals surface area contributed by atoms with Gasteiger partial charge in [0.05, 0.1) is 41.7 Å². The van der Waals surface area contributed by atoms with Crippen LogP contribution in [-0.2, 0) is 9.53 Å². The molecule has 0 bridgehead atoms. The SMILES string of the molecule is CCOC(=O)C1=C(C)N=c2s/c(=C\c3ccc(N(CC)CC)cc3OC)c(=O)n2[C@@H]1c1ccc(OC(C)C)cc1. The van der Waals surface area contributed by atoms with E-state index in [9.17, 15) is 9.59 Å².